The molecular formula is C23H27N3OS. The Balaban J connectivity index is 1.38. The molecule has 0 unspecified atom stereocenters. The Labute approximate surface area is 171 Å². The highest BCUT2D eigenvalue weighted by Crippen LogP contribution is 2.32. The first-order valence-corrected chi connectivity index (χ1v) is 10.7. The zero-order valence-electron chi connectivity index (χ0n) is 16.3. The summed E-state index contributed by atoms with van der Waals surface area (Å²) < 4.78 is 9.11. The van der Waals surface area contributed by atoms with Crippen molar-refractivity contribution >= 4 is 28.4 Å². The minimum Gasteiger partial charge on any atom is -0.495 e. The number of hydrogen-bond acceptors (Lipinski definition) is 5. The van der Waals surface area contributed by atoms with E-state index < -0.39 is 0 Å². The zero-order chi connectivity index (χ0) is 19.2. The SMILES string of the molecule is COc1ccc(SNCCc2cccc3ccccc23)cc1N1CCNCC1. The van der Waals surface area contributed by atoms with E-state index >= 15 is 0 Å². The lowest BCUT2D eigenvalue weighted by molar-refractivity contribution is 0.412. The van der Waals surface area contributed by atoms with E-state index in [1.54, 1.807) is 19.1 Å². The predicted molar refractivity (Wildman–Crippen MR) is 120 cm³/mol. The third-order valence-electron chi connectivity index (χ3n) is 5.17. The van der Waals surface area contributed by atoms with Gasteiger partial charge in [0.2, 0.25) is 0 Å². The van der Waals surface area contributed by atoms with Gasteiger partial charge in [0.15, 0.2) is 0 Å². The van der Waals surface area contributed by atoms with Gasteiger partial charge in [0.25, 0.3) is 0 Å². The lowest BCUT2D eigenvalue weighted by Crippen LogP contribution is -2.43. The van der Waals surface area contributed by atoms with Crippen molar-refractivity contribution in [2.24, 2.45) is 0 Å². The molecule has 28 heavy (non-hydrogen) atoms. The molecule has 1 fully saturated rings. The summed E-state index contributed by atoms with van der Waals surface area (Å²) in [4.78, 5) is 3.61. The highest BCUT2D eigenvalue weighted by atomic mass is 32.2. The second-order valence-electron chi connectivity index (χ2n) is 6.96. The molecule has 0 saturated carbocycles. The Kier molecular flexibility index (Phi) is 6.37. The van der Waals surface area contributed by atoms with Crippen LogP contribution in [0.5, 0.6) is 5.75 Å². The van der Waals surface area contributed by atoms with E-state index in [9.17, 15) is 0 Å². The second-order valence-corrected chi connectivity index (χ2v) is 7.92. The lowest BCUT2D eigenvalue weighted by atomic mass is 10.0. The number of benzene rings is 3. The Hall–Kier alpha value is -2.21. The van der Waals surface area contributed by atoms with Gasteiger partial charge in [-0.05, 0) is 52.9 Å². The molecule has 0 spiro atoms. The van der Waals surface area contributed by atoms with Crippen molar-refractivity contribution < 1.29 is 4.74 Å². The summed E-state index contributed by atoms with van der Waals surface area (Å²) in [6.45, 7) is 4.99. The molecule has 1 heterocycles. The molecule has 0 aliphatic carbocycles. The van der Waals surface area contributed by atoms with Crippen molar-refractivity contribution in [2.75, 3.05) is 44.7 Å². The fraction of sp³-hybridized carbons (Fsp3) is 0.304. The Morgan fingerprint density at radius 3 is 2.71 bits per heavy atom. The molecule has 0 amide bonds. The number of rotatable bonds is 7. The Morgan fingerprint density at radius 2 is 1.86 bits per heavy atom. The van der Waals surface area contributed by atoms with E-state index in [4.69, 9.17) is 4.74 Å². The normalized spacial score (nSPS) is 14.4. The van der Waals surface area contributed by atoms with Gasteiger partial charge in [0.05, 0.1) is 12.8 Å². The number of ether oxygens (including phenoxy) is 1. The van der Waals surface area contributed by atoms with Crippen LogP contribution in [0.1, 0.15) is 5.56 Å². The molecule has 1 saturated heterocycles. The van der Waals surface area contributed by atoms with Gasteiger partial charge < -0.3 is 15.0 Å². The second kappa shape index (κ2) is 9.32. The van der Waals surface area contributed by atoms with Crippen LogP contribution in [-0.4, -0.2) is 39.8 Å². The van der Waals surface area contributed by atoms with Crippen LogP contribution in [0.2, 0.25) is 0 Å². The maximum atomic E-state index is 5.59. The quantitative estimate of drug-likeness (QED) is 0.467. The molecule has 146 valence electrons. The number of hydrogen-bond donors (Lipinski definition) is 2. The summed E-state index contributed by atoms with van der Waals surface area (Å²) in [7, 11) is 1.75. The van der Waals surface area contributed by atoms with E-state index in [-0.39, 0.29) is 0 Å². The Bertz CT molecular complexity index is 919. The standard InChI is InChI=1S/C23H27N3OS/c1-27-23-10-9-20(17-22(23)26-15-13-24-14-16-26)28-25-12-11-19-7-4-6-18-5-2-3-8-21(18)19/h2-10,17,24-25H,11-16H2,1H3. The largest absolute Gasteiger partial charge is 0.495 e. The van der Waals surface area contributed by atoms with Crippen LogP contribution in [0.3, 0.4) is 0 Å². The average Bonchev–Trinajstić information content (AvgIpc) is 2.77. The summed E-state index contributed by atoms with van der Waals surface area (Å²) >= 11 is 1.69. The third-order valence-corrected chi connectivity index (χ3v) is 6.01. The molecule has 2 N–H and O–H groups in total. The first-order valence-electron chi connectivity index (χ1n) is 9.85. The third kappa shape index (κ3) is 4.43. The van der Waals surface area contributed by atoms with Gasteiger partial charge >= 0.3 is 0 Å². The molecule has 3 aromatic rings. The number of nitrogens with one attached hydrogen (secondary N) is 2. The van der Waals surface area contributed by atoms with Crippen molar-refractivity contribution in [3.63, 3.8) is 0 Å². The van der Waals surface area contributed by atoms with Gasteiger partial charge in [-0.2, -0.15) is 0 Å². The average molecular weight is 394 g/mol. The van der Waals surface area contributed by atoms with Crippen molar-refractivity contribution in [3.8, 4) is 5.75 Å². The zero-order valence-corrected chi connectivity index (χ0v) is 17.1. The molecule has 5 heteroatoms. The van der Waals surface area contributed by atoms with Gasteiger partial charge in [0.1, 0.15) is 5.75 Å². The van der Waals surface area contributed by atoms with E-state index in [0.29, 0.717) is 0 Å². The van der Waals surface area contributed by atoms with Crippen LogP contribution in [0.15, 0.2) is 65.6 Å². The van der Waals surface area contributed by atoms with Crippen molar-refractivity contribution in [2.45, 2.75) is 11.3 Å². The number of anilines is 1. The topological polar surface area (TPSA) is 36.5 Å². The van der Waals surface area contributed by atoms with Crippen molar-refractivity contribution in [1.29, 1.82) is 0 Å². The molecule has 0 aromatic heterocycles. The highest BCUT2D eigenvalue weighted by Gasteiger charge is 2.15. The van der Waals surface area contributed by atoms with Crippen molar-refractivity contribution in [3.05, 3.63) is 66.2 Å². The van der Waals surface area contributed by atoms with E-state index in [1.165, 1.54) is 26.9 Å². The van der Waals surface area contributed by atoms with Crippen LogP contribution >= 0.6 is 11.9 Å². The summed E-state index contributed by atoms with van der Waals surface area (Å²) in [5.74, 6) is 0.946. The molecule has 3 aromatic carbocycles. The predicted octanol–water partition coefficient (Wildman–Crippen LogP) is 4.10. The van der Waals surface area contributed by atoms with Gasteiger partial charge in [-0.25, -0.2) is 0 Å². The summed E-state index contributed by atoms with van der Waals surface area (Å²) in [5, 5.41) is 6.06. The van der Waals surface area contributed by atoms with Gasteiger partial charge in [-0.3, -0.25) is 4.72 Å². The minimum absolute atomic E-state index is 0.924. The van der Waals surface area contributed by atoms with E-state index in [0.717, 1.165) is 44.9 Å². The molecule has 1 aliphatic rings. The number of piperazine rings is 1. The summed E-state index contributed by atoms with van der Waals surface area (Å²) in [6, 6.07) is 21.6. The molecule has 1 aliphatic heterocycles. The Morgan fingerprint density at radius 1 is 1.04 bits per heavy atom. The first-order chi connectivity index (χ1) is 13.8. The van der Waals surface area contributed by atoms with Gasteiger partial charge in [0, 0.05) is 37.6 Å². The minimum atomic E-state index is 0.924. The van der Waals surface area contributed by atoms with Crippen LogP contribution in [0.4, 0.5) is 5.69 Å². The maximum Gasteiger partial charge on any atom is 0.142 e. The molecule has 0 bridgehead atoms. The van der Waals surface area contributed by atoms with E-state index in [2.05, 4.69) is 75.6 Å². The van der Waals surface area contributed by atoms with E-state index in [1.807, 2.05) is 0 Å². The van der Waals surface area contributed by atoms with Crippen LogP contribution in [0.25, 0.3) is 10.8 Å². The van der Waals surface area contributed by atoms with Crippen molar-refractivity contribution in [1.82, 2.24) is 10.0 Å². The monoisotopic (exact) mass is 393 g/mol. The number of fused-ring (bicyclic) bond motifs is 1. The fourth-order valence-corrected chi connectivity index (χ4v) is 4.39. The van der Waals surface area contributed by atoms with Crippen LogP contribution in [-0.2, 0) is 6.42 Å². The van der Waals surface area contributed by atoms with Gasteiger partial charge in [-0.1, -0.05) is 42.5 Å². The number of methoxy groups -OCH3 is 1. The van der Waals surface area contributed by atoms with Crippen LogP contribution in [0, 0.1) is 0 Å². The van der Waals surface area contributed by atoms with Crippen LogP contribution < -0.4 is 19.7 Å². The lowest BCUT2D eigenvalue weighted by Gasteiger charge is -2.30. The molecule has 0 radical (unpaired) electrons. The molecule has 4 nitrogen and oxygen atoms in total. The smallest absolute Gasteiger partial charge is 0.142 e. The molecule has 4 rings (SSSR count). The van der Waals surface area contributed by atoms with Gasteiger partial charge in [-0.15, -0.1) is 0 Å². The fourth-order valence-electron chi connectivity index (χ4n) is 3.72. The maximum absolute atomic E-state index is 5.59. The molecule has 0 atom stereocenters. The first kappa shape index (κ1) is 19.1. The number of nitrogens with zero attached hydrogens (tertiary/aromatic N) is 1. The highest BCUT2D eigenvalue weighted by molar-refractivity contribution is 7.97. The molecular weight excluding hydrogens is 366 g/mol. The summed E-state index contributed by atoms with van der Waals surface area (Å²) in [5.41, 5.74) is 2.58. The summed E-state index contributed by atoms with van der Waals surface area (Å²) in [6.07, 6.45) is 1.01.